The summed E-state index contributed by atoms with van der Waals surface area (Å²) < 4.78 is 2.02. The first-order valence-corrected chi connectivity index (χ1v) is 5.93. The van der Waals surface area contributed by atoms with Crippen LogP contribution in [-0.2, 0) is 18.3 Å². The monoisotopic (exact) mass is 235 g/mol. The van der Waals surface area contributed by atoms with Crippen LogP contribution in [0, 0.1) is 0 Å². The Hall–Kier alpha value is -1.62. The number of thiazole rings is 1. The minimum atomic E-state index is 0.0103. The molecule has 1 N–H and O–H groups in total. The van der Waals surface area contributed by atoms with Gasteiger partial charge >= 0.3 is 0 Å². The predicted octanol–water partition coefficient (Wildman–Crippen LogP) is 2.05. The SMILES string of the molecule is Cn1cccc1CCC(=O)Nc1nccs1. The van der Waals surface area contributed by atoms with Crippen LogP contribution in [0.4, 0.5) is 5.13 Å². The van der Waals surface area contributed by atoms with Crippen LogP contribution in [-0.4, -0.2) is 15.5 Å². The fourth-order valence-corrected chi connectivity index (χ4v) is 2.01. The molecule has 84 valence electrons. The first kappa shape index (κ1) is 10.9. The van der Waals surface area contributed by atoms with E-state index in [1.165, 1.54) is 11.3 Å². The van der Waals surface area contributed by atoms with Gasteiger partial charge < -0.3 is 9.88 Å². The number of nitrogens with one attached hydrogen (secondary N) is 1. The van der Waals surface area contributed by atoms with E-state index in [4.69, 9.17) is 0 Å². The smallest absolute Gasteiger partial charge is 0.226 e. The van der Waals surface area contributed by atoms with Crippen molar-refractivity contribution >= 4 is 22.4 Å². The van der Waals surface area contributed by atoms with Crippen LogP contribution >= 0.6 is 11.3 Å². The van der Waals surface area contributed by atoms with Crippen molar-refractivity contribution in [2.75, 3.05) is 5.32 Å². The molecule has 0 fully saturated rings. The van der Waals surface area contributed by atoms with Gasteiger partial charge in [-0.05, 0) is 18.6 Å². The molecule has 2 heterocycles. The van der Waals surface area contributed by atoms with Crippen molar-refractivity contribution in [3.63, 3.8) is 0 Å². The maximum absolute atomic E-state index is 11.6. The van der Waals surface area contributed by atoms with Gasteiger partial charge in [-0.2, -0.15) is 0 Å². The van der Waals surface area contributed by atoms with Crippen LogP contribution in [0.25, 0.3) is 0 Å². The maximum atomic E-state index is 11.6. The van der Waals surface area contributed by atoms with Gasteiger partial charge in [0.25, 0.3) is 0 Å². The van der Waals surface area contributed by atoms with Crippen LogP contribution in [0.2, 0.25) is 0 Å². The highest BCUT2D eigenvalue weighted by Gasteiger charge is 2.05. The quantitative estimate of drug-likeness (QED) is 0.881. The van der Waals surface area contributed by atoms with Gasteiger partial charge in [0.05, 0.1) is 0 Å². The molecule has 0 aliphatic rings. The molecule has 16 heavy (non-hydrogen) atoms. The molecule has 0 spiro atoms. The summed E-state index contributed by atoms with van der Waals surface area (Å²) in [5.41, 5.74) is 1.16. The molecule has 0 aliphatic heterocycles. The van der Waals surface area contributed by atoms with Gasteiger partial charge in [-0.1, -0.05) is 0 Å². The lowest BCUT2D eigenvalue weighted by molar-refractivity contribution is -0.116. The van der Waals surface area contributed by atoms with E-state index in [1.54, 1.807) is 6.20 Å². The second kappa shape index (κ2) is 4.94. The van der Waals surface area contributed by atoms with Gasteiger partial charge in [0.15, 0.2) is 5.13 Å². The summed E-state index contributed by atoms with van der Waals surface area (Å²) in [6.07, 6.45) is 4.89. The van der Waals surface area contributed by atoms with Crippen molar-refractivity contribution in [2.45, 2.75) is 12.8 Å². The van der Waals surface area contributed by atoms with Crippen molar-refractivity contribution in [2.24, 2.45) is 7.05 Å². The molecule has 0 atom stereocenters. The zero-order chi connectivity index (χ0) is 11.4. The molecule has 1 amide bonds. The number of rotatable bonds is 4. The summed E-state index contributed by atoms with van der Waals surface area (Å²) in [5, 5.41) is 5.27. The predicted molar refractivity (Wildman–Crippen MR) is 64.5 cm³/mol. The normalized spacial score (nSPS) is 10.3. The first-order chi connectivity index (χ1) is 7.75. The molecule has 0 bridgehead atoms. The number of anilines is 1. The molecule has 0 unspecified atom stereocenters. The zero-order valence-corrected chi connectivity index (χ0v) is 9.83. The Morgan fingerprint density at radius 2 is 2.50 bits per heavy atom. The van der Waals surface area contributed by atoms with E-state index >= 15 is 0 Å². The van der Waals surface area contributed by atoms with Gasteiger partial charge in [0, 0.05) is 36.9 Å². The van der Waals surface area contributed by atoms with E-state index in [1.807, 2.05) is 35.3 Å². The number of carbonyl (C=O) groups excluding carboxylic acids is 1. The molecule has 5 heteroatoms. The highest BCUT2D eigenvalue weighted by Crippen LogP contribution is 2.11. The summed E-state index contributed by atoms with van der Waals surface area (Å²) in [6.45, 7) is 0. The van der Waals surface area contributed by atoms with Crippen molar-refractivity contribution < 1.29 is 4.79 Å². The molecule has 2 aromatic heterocycles. The Kier molecular flexibility index (Phi) is 3.36. The standard InChI is InChI=1S/C11H13N3OS/c1-14-7-2-3-9(14)4-5-10(15)13-11-12-6-8-16-11/h2-3,6-8H,4-5H2,1H3,(H,12,13,15). The summed E-state index contributed by atoms with van der Waals surface area (Å²) >= 11 is 1.43. The number of hydrogen-bond acceptors (Lipinski definition) is 3. The Labute approximate surface area is 97.9 Å². The molecule has 0 saturated heterocycles. The average Bonchev–Trinajstić information content (AvgIpc) is 2.87. The van der Waals surface area contributed by atoms with Crippen LogP contribution in [0.15, 0.2) is 29.9 Å². The number of nitrogens with zero attached hydrogens (tertiary/aromatic N) is 2. The molecule has 2 rings (SSSR count). The Bertz CT molecular complexity index is 461. The number of hydrogen-bond donors (Lipinski definition) is 1. The van der Waals surface area contributed by atoms with Crippen molar-refractivity contribution in [3.8, 4) is 0 Å². The van der Waals surface area contributed by atoms with Gasteiger partial charge in [0.1, 0.15) is 0 Å². The van der Waals surface area contributed by atoms with E-state index in [0.29, 0.717) is 11.6 Å². The third kappa shape index (κ3) is 2.70. The van der Waals surface area contributed by atoms with Crippen LogP contribution in [0.1, 0.15) is 12.1 Å². The molecule has 0 saturated carbocycles. The van der Waals surface area contributed by atoms with E-state index in [0.717, 1.165) is 12.1 Å². The van der Waals surface area contributed by atoms with E-state index < -0.39 is 0 Å². The second-order valence-electron chi connectivity index (χ2n) is 3.50. The van der Waals surface area contributed by atoms with Crippen molar-refractivity contribution in [1.82, 2.24) is 9.55 Å². The summed E-state index contributed by atoms with van der Waals surface area (Å²) in [4.78, 5) is 15.6. The lowest BCUT2D eigenvalue weighted by Crippen LogP contribution is -2.12. The molecule has 2 aromatic rings. The Morgan fingerprint density at radius 1 is 1.62 bits per heavy atom. The van der Waals surface area contributed by atoms with E-state index in [9.17, 15) is 4.79 Å². The fourth-order valence-electron chi connectivity index (χ4n) is 1.46. The summed E-state index contributed by atoms with van der Waals surface area (Å²) in [5.74, 6) is 0.0103. The van der Waals surface area contributed by atoms with Gasteiger partial charge in [-0.3, -0.25) is 4.79 Å². The zero-order valence-electron chi connectivity index (χ0n) is 9.01. The van der Waals surface area contributed by atoms with Gasteiger partial charge in [-0.25, -0.2) is 4.98 Å². The van der Waals surface area contributed by atoms with Crippen LogP contribution < -0.4 is 5.32 Å². The molecule has 0 radical (unpaired) electrons. The number of carbonyl (C=O) groups is 1. The van der Waals surface area contributed by atoms with Crippen LogP contribution in [0.3, 0.4) is 0 Å². The third-order valence-electron chi connectivity index (χ3n) is 2.34. The van der Waals surface area contributed by atoms with Crippen LogP contribution in [0.5, 0.6) is 0 Å². The molecule has 0 aliphatic carbocycles. The highest BCUT2D eigenvalue weighted by atomic mass is 32.1. The van der Waals surface area contributed by atoms with E-state index in [2.05, 4.69) is 10.3 Å². The Balaban J connectivity index is 1.82. The number of amides is 1. The highest BCUT2D eigenvalue weighted by molar-refractivity contribution is 7.13. The number of aromatic nitrogens is 2. The summed E-state index contributed by atoms with van der Waals surface area (Å²) in [6, 6.07) is 4.00. The van der Waals surface area contributed by atoms with Gasteiger partial charge in [0.2, 0.25) is 5.91 Å². The Morgan fingerprint density at radius 3 is 3.12 bits per heavy atom. The second-order valence-corrected chi connectivity index (χ2v) is 4.39. The minimum Gasteiger partial charge on any atom is -0.354 e. The third-order valence-corrected chi connectivity index (χ3v) is 3.03. The van der Waals surface area contributed by atoms with Gasteiger partial charge in [-0.15, -0.1) is 11.3 Å². The fraction of sp³-hybridized carbons (Fsp3) is 0.273. The molecular formula is C11H13N3OS. The lowest BCUT2D eigenvalue weighted by atomic mass is 10.2. The van der Waals surface area contributed by atoms with E-state index in [-0.39, 0.29) is 5.91 Å². The summed E-state index contributed by atoms with van der Waals surface area (Å²) in [7, 11) is 1.98. The minimum absolute atomic E-state index is 0.0103. The molecule has 0 aromatic carbocycles. The maximum Gasteiger partial charge on any atom is 0.226 e. The number of aryl methyl sites for hydroxylation is 2. The molecule has 4 nitrogen and oxygen atoms in total. The average molecular weight is 235 g/mol. The topological polar surface area (TPSA) is 46.9 Å². The first-order valence-electron chi connectivity index (χ1n) is 5.05. The molecular weight excluding hydrogens is 222 g/mol. The largest absolute Gasteiger partial charge is 0.354 e. The van der Waals surface area contributed by atoms with Crippen molar-refractivity contribution in [1.29, 1.82) is 0 Å². The van der Waals surface area contributed by atoms with Crippen molar-refractivity contribution in [3.05, 3.63) is 35.6 Å². The lowest BCUT2D eigenvalue weighted by Gasteiger charge is -2.03.